The highest BCUT2D eigenvalue weighted by molar-refractivity contribution is 9.11. The first-order chi connectivity index (χ1) is 10.0. The second-order valence-corrected chi connectivity index (χ2v) is 7.86. The molecule has 21 heavy (non-hydrogen) atoms. The summed E-state index contributed by atoms with van der Waals surface area (Å²) < 4.78 is 1.12. The molecule has 1 aliphatic rings. The summed E-state index contributed by atoms with van der Waals surface area (Å²) >= 11 is 11.4. The molecule has 0 spiro atoms. The predicted octanol–water partition coefficient (Wildman–Crippen LogP) is 5.56. The Hall–Kier alpha value is -1.11. The van der Waals surface area contributed by atoms with Crippen LogP contribution in [0.1, 0.15) is 29.3 Å². The summed E-state index contributed by atoms with van der Waals surface area (Å²) in [6.07, 6.45) is 3.19. The molecule has 1 atom stereocenters. The van der Waals surface area contributed by atoms with Crippen molar-refractivity contribution in [3.05, 3.63) is 53.6 Å². The number of nitro groups is 1. The number of hydrogen-bond acceptors (Lipinski definition) is 4. The Balaban J connectivity index is 1.91. The highest BCUT2D eigenvalue weighted by Gasteiger charge is 2.23. The van der Waals surface area contributed by atoms with E-state index in [1.807, 2.05) is 0 Å². The van der Waals surface area contributed by atoms with Crippen LogP contribution in [0.15, 0.2) is 28.1 Å². The molecule has 3 rings (SSSR count). The van der Waals surface area contributed by atoms with Crippen molar-refractivity contribution < 1.29 is 4.92 Å². The van der Waals surface area contributed by atoms with E-state index in [4.69, 9.17) is 11.6 Å². The molecule has 7 heteroatoms. The smallest absolute Gasteiger partial charge is 0.271 e. The normalized spacial score (nSPS) is 17.3. The Morgan fingerprint density at radius 2 is 2.24 bits per heavy atom. The van der Waals surface area contributed by atoms with Crippen LogP contribution in [0.4, 0.5) is 11.4 Å². The van der Waals surface area contributed by atoms with Crippen molar-refractivity contribution in [3.63, 3.8) is 0 Å². The highest BCUT2D eigenvalue weighted by Crippen LogP contribution is 2.40. The molecule has 1 unspecified atom stereocenters. The van der Waals surface area contributed by atoms with Gasteiger partial charge in [0.05, 0.1) is 25.5 Å². The van der Waals surface area contributed by atoms with E-state index in [9.17, 15) is 10.1 Å². The Morgan fingerprint density at radius 1 is 1.43 bits per heavy atom. The average molecular weight is 388 g/mol. The van der Waals surface area contributed by atoms with Gasteiger partial charge in [-0.2, -0.15) is 0 Å². The van der Waals surface area contributed by atoms with E-state index in [0.717, 1.165) is 23.0 Å². The van der Waals surface area contributed by atoms with Crippen molar-refractivity contribution in [2.45, 2.75) is 25.3 Å². The molecule has 0 bridgehead atoms. The van der Waals surface area contributed by atoms with Crippen LogP contribution in [0.2, 0.25) is 5.02 Å². The molecule has 1 aromatic carbocycles. The largest absolute Gasteiger partial charge is 0.377 e. The Morgan fingerprint density at radius 3 is 3.00 bits per heavy atom. The number of fused-ring (bicyclic) bond motifs is 1. The lowest BCUT2D eigenvalue weighted by atomic mass is 9.94. The third-order valence-corrected chi connectivity index (χ3v) is 5.62. The first-order valence-corrected chi connectivity index (χ1v) is 8.52. The summed E-state index contributed by atoms with van der Waals surface area (Å²) in [4.78, 5) is 11.8. The van der Waals surface area contributed by atoms with Gasteiger partial charge in [0, 0.05) is 17.0 Å². The number of halogens is 2. The Labute approximate surface area is 139 Å². The van der Waals surface area contributed by atoms with Gasteiger partial charge < -0.3 is 5.32 Å². The first kappa shape index (κ1) is 14.8. The van der Waals surface area contributed by atoms with Crippen molar-refractivity contribution in [3.8, 4) is 0 Å². The Bertz CT molecular complexity index is 704. The number of non-ortho nitro benzene ring substituents is 1. The van der Waals surface area contributed by atoms with Gasteiger partial charge in [-0.15, -0.1) is 11.3 Å². The van der Waals surface area contributed by atoms with E-state index in [-0.39, 0.29) is 11.7 Å². The summed E-state index contributed by atoms with van der Waals surface area (Å²) in [5, 5.41) is 14.8. The minimum absolute atomic E-state index is 0.0458. The summed E-state index contributed by atoms with van der Waals surface area (Å²) in [5.41, 5.74) is 1.93. The maximum absolute atomic E-state index is 10.9. The first-order valence-electron chi connectivity index (χ1n) is 6.53. The molecule has 110 valence electrons. The summed E-state index contributed by atoms with van der Waals surface area (Å²) in [7, 11) is 0. The number of rotatable bonds is 3. The van der Waals surface area contributed by atoms with E-state index in [1.165, 1.54) is 22.6 Å². The zero-order valence-electron chi connectivity index (χ0n) is 10.9. The van der Waals surface area contributed by atoms with Crippen LogP contribution in [0.25, 0.3) is 0 Å². The Kier molecular flexibility index (Phi) is 4.19. The van der Waals surface area contributed by atoms with Gasteiger partial charge in [-0.3, -0.25) is 10.1 Å². The van der Waals surface area contributed by atoms with Crippen molar-refractivity contribution in [2.75, 3.05) is 5.32 Å². The molecule has 1 aliphatic carbocycles. The number of nitrogens with zero attached hydrogens (tertiary/aromatic N) is 1. The molecule has 1 heterocycles. The molecule has 1 aromatic heterocycles. The van der Waals surface area contributed by atoms with Crippen molar-refractivity contribution in [1.29, 1.82) is 0 Å². The zero-order chi connectivity index (χ0) is 15.0. The number of aryl methyl sites for hydroxylation is 1. The zero-order valence-corrected chi connectivity index (χ0v) is 14.1. The maximum atomic E-state index is 10.9. The van der Waals surface area contributed by atoms with Gasteiger partial charge in [0.1, 0.15) is 0 Å². The molecule has 2 aromatic rings. The molecule has 0 amide bonds. The molecule has 0 fully saturated rings. The standard InChI is InChI=1S/C14H12BrClN2O2S/c15-14-7-9-11(2-1-3-13(9)21-14)17-12-6-8(18(19)20)4-5-10(12)16/h4-7,11,17H,1-3H2. The van der Waals surface area contributed by atoms with Crippen LogP contribution in [0.3, 0.4) is 0 Å². The van der Waals surface area contributed by atoms with Crippen LogP contribution in [0, 0.1) is 10.1 Å². The number of benzene rings is 1. The van der Waals surface area contributed by atoms with Crippen LogP contribution < -0.4 is 5.32 Å². The molecule has 4 nitrogen and oxygen atoms in total. The van der Waals surface area contributed by atoms with Crippen LogP contribution in [0.5, 0.6) is 0 Å². The van der Waals surface area contributed by atoms with Gasteiger partial charge in [-0.1, -0.05) is 11.6 Å². The van der Waals surface area contributed by atoms with Crippen molar-refractivity contribution in [2.24, 2.45) is 0 Å². The molecule has 0 aliphatic heterocycles. The minimum atomic E-state index is -0.408. The topological polar surface area (TPSA) is 55.2 Å². The van der Waals surface area contributed by atoms with Gasteiger partial charge in [0.15, 0.2) is 0 Å². The highest BCUT2D eigenvalue weighted by atomic mass is 79.9. The molecule has 0 saturated heterocycles. The summed E-state index contributed by atoms with van der Waals surface area (Å²) in [5.74, 6) is 0. The second kappa shape index (κ2) is 5.94. The van der Waals surface area contributed by atoms with E-state index in [1.54, 1.807) is 17.4 Å². The number of hydrogen-bond donors (Lipinski definition) is 1. The maximum Gasteiger partial charge on any atom is 0.271 e. The van der Waals surface area contributed by atoms with E-state index >= 15 is 0 Å². The summed E-state index contributed by atoms with van der Waals surface area (Å²) in [6.45, 7) is 0. The van der Waals surface area contributed by atoms with Gasteiger partial charge in [-0.25, -0.2) is 0 Å². The third-order valence-electron chi connectivity index (χ3n) is 3.57. The van der Waals surface area contributed by atoms with E-state index < -0.39 is 4.92 Å². The van der Waals surface area contributed by atoms with Crippen LogP contribution in [-0.4, -0.2) is 4.92 Å². The number of thiophene rings is 1. The fourth-order valence-electron chi connectivity index (χ4n) is 2.60. The molecule has 0 saturated carbocycles. The second-order valence-electron chi connectivity index (χ2n) is 4.94. The minimum Gasteiger partial charge on any atom is -0.377 e. The number of nitrogens with one attached hydrogen (secondary N) is 1. The lowest BCUT2D eigenvalue weighted by Crippen LogP contribution is -2.15. The lowest BCUT2D eigenvalue weighted by Gasteiger charge is -2.25. The van der Waals surface area contributed by atoms with Crippen LogP contribution >= 0.6 is 38.9 Å². The van der Waals surface area contributed by atoms with Crippen molar-refractivity contribution >= 4 is 50.2 Å². The van der Waals surface area contributed by atoms with Gasteiger partial charge in [-0.05, 0) is 52.9 Å². The predicted molar refractivity (Wildman–Crippen MR) is 89.4 cm³/mol. The van der Waals surface area contributed by atoms with Crippen molar-refractivity contribution in [1.82, 2.24) is 0 Å². The fourth-order valence-corrected chi connectivity index (χ4v) is 4.59. The fraction of sp³-hybridized carbons (Fsp3) is 0.286. The van der Waals surface area contributed by atoms with Gasteiger partial charge in [0.2, 0.25) is 0 Å². The van der Waals surface area contributed by atoms with E-state index in [0.29, 0.717) is 10.7 Å². The number of anilines is 1. The third kappa shape index (κ3) is 3.07. The molecule has 0 radical (unpaired) electrons. The quantitative estimate of drug-likeness (QED) is 0.554. The molecule has 1 N–H and O–H groups in total. The monoisotopic (exact) mass is 386 g/mol. The van der Waals surface area contributed by atoms with E-state index in [2.05, 4.69) is 27.3 Å². The van der Waals surface area contributed by atoms with Gasteiger partial charge in [0.25, 0.3) is 5.69 Å². The van der Waals surface area contributed by atoms with Gasteiger partial charge >= 0.3 is 0 Å². The lowest BCUT2D eigenvalue weighted by molar-refractivity contribution is -0.384. The molecular weight excluding hydrogens is 376 g/mol. The average Bonchev–Trinajstić information content (AvgIpc) is 2.82. The number of nitro benzene ring substituents is 1. The SMILES string of the molecule is O=[N+]([O-])c1ccc(Cl)c(NC2CCCc3sc(Br)cc32)c1. The molecular formula is C14H12BrClN2O2S. The summed E-state index contributed by atoms with van der Waals surface area (Å²) in [6, 6.07) is 6.76. The van der Waals surface area contributed by atoms with Crippen LogP contribution in [-0.2, 0) is 6.42 Å².